The number of hydrogen-bond donors (Lipinski definition) is 1. The van der Waals surface area contributed by atoms with Gasteiger partial charge in [-0.1, -0.05) is 26.8 Å². The van der Waals surface area contributed by atoms with Crippen LogP contribution in [-0.2, 0) is 0 Å². The van der Waals surface area contributed by atoms with Crippen LogP contribution in [0.3, 0.4) is 0 Å². The minimum absolute atomic E-state index is 0.142. The normalized spacial score (nSPS) is 12.9. The second-order valence-corrected chi connectivity index (χ2v) is 4.52. The van der Waals surface area contributed by atoms with Crippen LogP contribution in [0.5, 0.6) is 0 Å². The molecule has 0 heterocycles. The smallest absolute Gasteiger partial charge is 0.0620 e. The molecule has 54 valence electrons. The maximum absolute atomic E-state index is 8.36. The molecule has 0 aromatic rings. The highest BCUT2D eigenvalue weighted by Crippen LogP contribution is 2.23. The molecule has 1 N–H and O–H groups in total. The van der Waals surface area contributed by atoms with E-state index in [1.165, 1.54) is 0 Å². The van der Waals surface area contributed by atoms with Crippen molar-refractivity contribution in [3.05, 3.63) is 11.5 Å². The van der Waals surface area contributed by atoms with Gasteiger partial charge in [-0.2, -0.15) is 0 Å². The zero-order valence-electron chi connectivity index (χ0n) is 6.22. The molecule has 0 bridgehead atoms. The zero-order chi connectivity index (χ0) is 7.33. The van der Waals surface area contributed by atoms with E-state index in [2.05, 4.69) is 20.8 Å². The summed E-state index contributed by atoms with van der Waals surface area (Å²) >= 11 is 1.72. The van der Waals surface area contributed by atoms with Crippen molar-refractivity contribution in [3.8, 4) is 0 Å². The van der Waals surface area contributed by atoms with Crippen molar-refractivity contribution in [2.75, 3.05) is 6.61 Å². The molecule has 0 saturated carbocycles. The van der Waals surface area contributed by atoms with E-state index in [-0.39, 0.29) is 11.4 Å². The Morgan fingerprint density at radius 2 is 2.00 bits per heavy atom. The maximum Gasteiger partial charge on any atom is 0.0620 e. The van der Waals surface area contributed by atoms with Crippen LogP contribution in [0.1, 0.15) is 20.8 Å². The largest absolute Gasteiger partial charge is 0.392 e. The predicted molar refractivity (Wildman–Crippen MR) is 43.6 cm³/mol. The Kier molecular flexibility index (Phi) is 3.98. The molecule has 0 spiro atoms. The molecular formula is C7H14OS. The summed E-state index contributed by atoms with van der Waals surface area (Å²) in [5.41, 5.74) is 0. The summed E-state index contributed by atoms with van der Waals surface area (Å²) in [6.45, 7) is 6.56. The summed E-state index contributed by atoms with van der Waals surface area (Å²) in [6, 6.07) is 0. The predicted octanol–water partition coefficient (Wildman–Crippen LogP) is 2.02. The van der Waals surface area contributed by atoms with Crippen LogP contribution in [0.4, 0.5) is 0 Å². The highest BCUT2D eigenvalue weighted by Gasteiger charge is 2.06. The fraction of sp³-hybridized carbons (Fsp3) is 0.714. The second kappa shape index (κ2) is 3.96. The first kappa shape index (κ1) is 9.05. The SMILES string of the molecule is CC(C)(C)SC=CCO. The van der Waals surface area contributed by atoms with E-state index in [9.17, 15) is 0 Å². The standard InChI is InChI=1S/C7H14OS/c1-7(2,3)9-6-4-5-8/h4,6,8H,5H2,1-3H3. The Morgan fingerprint density at radius 1 is 1.44 bits per heavy atom. The fourth-order valence-electron chi connectivity index (χ4n) is 0.295. The molecule has 0 aromatic heterocycles. The van der Waals surface area contributed by atoms with Gasteiger partial charge in [0.1, 0.15) is 0 Å². The van der Waals surface area contributed by atoms with Crippen molar-refractivity contribution in [3.63, 3.8) is 0 Å². The van der Waals surface area contributed by atoms with Crippen LogP contribution in [0.25, 0.3) is 0 Å². The minimum Gasteiger partial charge on any atom is -0.392 e. The maximum atomic E-state index is 8.36. The van der Waals surface area contributed by atoms with E-state index in [1.54, 1.807) is 17.8 Å². The molecule has 2 heteroatoms. The van der Waals surface area contributed by atoms with Crippen molar-refractivity contribution in [1.82, 2.24) is 0 Å². The molecule has 9 heavy (non-hydrogen) atoms. The van der Waals surface area contributed by atoms with Crippen molar-refractivity contribution in [1.29, 1.82) is 0 Å². The van der Waals surface area contributed by atoms with E-state index in [4.69, 9.17) is 5.11 Å². The average Bonchev–Trinajstić information content (AvgIpc) is 1.63. The first-order chi connectivity index (χ1) is 4.06. The summed E-state index contributed by atoms with van der Waals surface area (Å²) in [5.74, 6) is 0. The van der Waals surface area contributed by atoms with E-state index in [0.29, 0.717) is 0 Å². The highest BCUT2D eigenvalue weighted by atomic mass is 32.2. The highest BCUT2D eigenvalue weighted by molar-refractivity contribution is 8.03. The van der Waals surface area contributed by atoms with Gasteiger partial charge in [0.05, 0.1) is 6.61 Å². The van der Waals surface area contributed by atoms with Crippen molar-refractivity contribution < 1.29 is 5.11 Å². The lowest BCUT2D eigenvalue weighted by Crippen LogP contribution is -2.04. The van der Waals surface area contributed by atoms with Gasteiger partial charge in [0.2, 0.25) is 0 Å². The van der Waals surface area contributed by atoms with Crippen LogP contribution in [0, 0.1) is 0 Å². The molecule has 0 amide bonds. The van der Waals surface area contributed by atoms with Crippen LogP contribution in [0.2, 0.25) is 0 Å². The Morgan fingerprint density at radius 3 is 2.33 bits per heavy atom. The van der Waals surface area contributed by atoms with E-state index in [0.717, 1.165) is 0 Å². The molecule has 0 aliphatic rings. The molecule has 0 radical (unpaired) electrons. The Labute approximate surface area is 61.2 Å². The first-order valence-electron chi connectivity index (χ1n) is 3.00. The Bertz CT molecular complexity index is 91.6. The lowest BCUT2D eigenvalue weighted by molar-refractivity contribution is 0.343. The van der Waals surface area contributed by atoms with Crippen LogP contribution in [-0.4, -0.2) is 16.5 Å². The van der Waals surface area contributed by atoms with Crippen molar-refractivity contribution in [2.24, 2.45) is 0 Å². The van der Waals surface area contributed by atoms with Gasteiger partial charge in [-0.15, -0.1) is 11.8 Å². The quantitative estimate of drug-likeness (QED) is 0.643. The number of rotatable bonds is 2. The third-order valence-electron chi connectivity index (χ3n) is 0.623. The molecule has 0 rings (SSSR count). The number of aliphatic hydroxyl groups excluding tert-OH is 1. The summed E-state index contributed by atoms with van der Waals surface area (Å²) in [6.07, 6.45) is 1.75. The summed E-state index contributed by atoms with van der Waals surface area (Å²) in [4.78, 5) is 0. The number of aliphatic hydroxyl groups is 1. The average molecular weight is 146 g/mol. The third-order valence-corrected chi connectivity index (χ3v) is 1.66. The van der Waals surface area contributed by atoms with Crippen molar-refractivity contribution in [2.45, 2.75) is 25.5 Å². The first-order valence-corrected chi connectivity index (χ1v) is 3.88. The van der Waals surface area contributed by atoms with E-state index >= 15 is 0 Å². The molecule has 0 unspecified atom stereocenters. The molecule has 1 nitrogen and oxygen atoms in total. The van der Waals surface area contributed by atoms with Gasteiger partial charge in [-0.05, 0) is 5.41 Å². The molecule has 0 aliphatic carbocycles. The fourth-order valence-corrected chi connectivity index (χ4v) is 0.886. The molecule has 0 aromatic carbocycles. The number of thioether (sulfide) groups is 1. The molecule has 0 atom stereocenters. The monoisotopic (exact) mass is 146 g/mol. The van der Waals surface area contributed by atoms with Gasteiger partial charge in [-0.3, -0.25) is 0 Å². The van der Waals surface area contributed by atoms with Crippen LogP contribution in [0.15, 0.2) is 11.5 Å². The van der Waals surface area contributed by atoms with Crippen molar-refractivity contribution >= 4 is 11.8 Å². The van der Waals surface area contributed by atoms with Gasteiger partial charge in [0, 0.05) is 4.75 Å². The molecule has 0 saturated heterocycles. The lowest BCUT2D eigenvalue weighted by atomic mass is 10.3. The van der Waals surface area contributed by atoms with Gasteiger partial charge in [0.15, 0.2) is 0 Å². The van der Waals surface area contributed by atoms with E-state index in [1.807, 2.05) is 5.41 Å². The zero-order valence-corrected chi connectivity index (χ0v) is 7.03. The van der Waals surface area contributed by atoms with Crippen LogP contribution < -0.4 is 0 Å². The molecule has 0 fully saturated rings. The topological polar surface area (TPSA) is 20.2 Å². The Balaban J connectivity index is 3.38. The minimum atomic E-state index is 0.142. The second-order valence-electron chi connectivity index (χ2n) is 2.78. The number of hydrogen-bond acceptors (Lipinski definition) is 2. The van der Waals surface area contributed by atoms with Crippen LogP contribution >= 0.6 is 11.8 Å². The summed E-state index contributed by atoms with van der Waals surface area (Å²) in [7, 11) is 0. The third kappa shape index (κ3) is 8.05. The summed E-state index contributed by atoms with van der Waals surface area (Å²) in [5, 5.41) is 10.3. The van der Waals surface area contributed by atoms with Gasteiger partial charge >= 0.3 is 0 Å². The van der Waals surface area contributed by atoms with Gasteiger partial charge in [-0.25, -0.2) is 0 Å². The van der Waals surface area contributed by atoms with Gasteiger partial charge in [0.25, 0.3) is 0 Å². The van der Waals surface area contributed by atoms with E-state index < -0.39 is 0 Å². The molecular weight excluding hydrogens is 132 g/mol. The molecule has 0 aliphatic heterocycles. The Hall–Kier alpha value is 0.0500. The van der Waals surface area contributed by atoms with Gasteiger partial charge < -0.3 is 5.11 Å². The summed E-state index contributed by atoms with van der Waals surface area (Å²) < 4.78 is 0.270. The lowest BCUT2D eigenvalue weighted by Gasteiger charge is -2.13.